The Balaban J connectivity index is 1.69. The van der Waals surface area contributed by atoms with E-state index >= 15 is 0 Å². The van der Waals surface area contributed by atoms with Crippen molar-refractivity contribution < 1.29 is 13.2 Å². The molecule has 29 heavy (non-hydrogen) atoms. The van der Waals surface area contributed by atoms with Crippen molar-refractivity contribution in [1.82, 2.24) is 14.3 Å². The number of nitrogens with one attached hydrogen (secondary N) is 1. The molecule has 7 nitrogen and oxygen atoms in total. The highest BCUT2D eigenvalue weighted by atomic mass is 32.2. The first-order valence-electron chi connectivity index (χ1n) is 9.16. The van der Waals surface area contributed by atoms with Crippen molar-refractivity contribution in [3.63, 3.8) is 0 Å². The fraction of sp³-hybridized carbons (Fsp3) is 0.250. The smallest absolute Gasteiger partial charge is 0.257 e. The van der Waals surface area contributed by atoms with Gasteiger partial charge in [-0.3, -0.25) is 15.1 Å². The van der Waals surface area contributed by atoms with E-state index in [2.05, 4.69) is 15.3 Å². The molecule has 1 aromatic carbocycles. The lowest BCUT2D eigenvalue weighted by atomic mass is 10.2. The lowest BCUT2D eigenvalue weighted by molar-refractivity contribution is 0.102. The summed E-state index contributed by atoms with van der Waals surface area (Å²) in [5, 5.41) is 5.01. The lowest BCUT2D eigenvalue weighted by Gasteiger charge is -2.16. The summed E-state index contributed by atoms with van der Waals surface area (Å²) in [6.45, 7) is 2.47. The average Bonchev–Trinajstić information content (AvgIpc) is 3.21. The summed E-state index contributed by atoms with van der Waals surface area (Å²) in [5.41, 5.74) is 1.77. The zero-order valence-electron chi connectivity index (χ0n) is 16.2. The molecule has 1 N–H and O–H groups in total. The standard InChI is InChI=1S/C20H22N4O3S2/c1-3-4-13-24(2)29(26,27)16-10-8-15(9-11-16)19(25)23-20-22-18(14-28-20)17-7-5-6-12-21-17/h5-12,14H,3-4,13H2,1-2H3,(H,22,23,25). The molecule has 2 heterocycles. The first-order valence-corrected chi connectivity index (χ1v) is 11.5. The molecule has 0 aliphatic heterocycles. The third-order valence-corrected chi connectivity index (χ3v) is 6.93. The number of rotatable bonds is 8. The molecule has 0 aliphatic carbocycles. The van der Waals surface area contributed by atoms with Crippen LogP contribution in [0.5, 0.6) is 0 Å². The van der Waals surface area contributed by atoms with E-state index in [1.54, 1.807) is 13.2 Å². The van der Waals surface area contributed by atoms with Crippen LogP contribution in [0.3, 0.4) is 0 Å². The summed E-state index contributed by atoms with van der Waals surface area (Å²) >= 11 is 1.30. The summed E-state index contributed by atoms with van der Waals surface area (Å²) in [4.78, 5) is 21.3. The SMILES string of the molecule is CCCCN(C)S(=O)(=O)c1ccc(C(=O)Nc2nc(-c3ccccn3)cs2)cc1. The quantitative estimate of drug-likeness (QED) is 0.585. The summed E-state index contributed by atoms with van der Waals surface area (Å²) in [5.74, 6) is -0.352. The molecule has 0 aliphatic rings. The normalized spacial score (nSPS) is 11.6. The molecule has 0 saturated carbocycles. The van der Waals surface area contributed by atoms with Crippen LogP contribution >= 0.6 is 11.3 Å². The predicted molar refractivity (Wildman–Crippen MR) is 114 cm³/mol. The van der Waals surface area contributed by atoms with Gasteiger partial charge in [-0.15, -0.1) is 11.3 Å². The highest BCUT2D eigenvalue weighted by Crippen LogP contribution is 2.24. The molecule has 1 amide bonds. The molecule has 0 bridgehead atoms. The number of nitrogens with zero attached hydrogens (tertiary/aromatic N) is 3. The minimum Gasteiger partial charge on any atom is -0.298 e. The monoisotopic (exact) mass is 430 g/mol. The maximum Gasteiger partial charge on any atom is 0.257 e. The number of hydrogen-bond acceptors (Lipinski definition) is 6. The first kappa shape index (κ1) is 21.1. The third-order valence-electron chi connectivity index (χ3n) is 4.30. The molecular formula is C20H22N4O3S2. The zero-order valence-corrected chi connectivity index (χ0v) is 17.8. The second kappa shape index (κ2) is 9.25. The molecule has 2 aromatic heterocycles. The van der Waals surface area contributed by atoms with E-state index in [0.717, 1.165) is 18.5 Å². The fourth-order valence-electron chi connectivity index (χ4n) is 2.59. The van der Waals surface area contributed by atoms with Crippen molar-refractivity contribution in [3.8, 4) is 11.4 Å². The van der Waals surface area contributed by atoms with Crippen molar-refractivity contribution in [2.24, 2.45) is 0 Å². The van der Waals surface area contributed by atoms with Gasteiger partial charge in [-0.1, -0.05) is 19.4 Å². The molecule has 3 aromatic rings. The van der Waals surface area contributed by atoms with E-state index < -0.39 is 10.0 Å². The fourth-order valence-corrected chi connectivity index (χ4v) is 4.50. The van der Waals surface area contributed by atoms with Gasteiger partial charge in [-0.25, -0.2) is 17.7 Å². The Morgan fingerprint density at radius 2 is 1.90 bits per heavy atom. The number of aromatic nitrogens is 2. The van der Waals surface area contributed by atoms with E-state index in [0.29, 0.717) is 22.9 Å². The predicted octanol–water partition coefficient (Wildman–Crippen LogP) is 3.88. The van der Waals surface area contributed by atoms with Crippen LogP contribution in [0.1, 0.15) is 30.1 Å². The zero-order chi connectivity index (χ0) is 20.9. The van der Waals surface area contributed by atoms with Crippen LogP contribution in [-0.4, -0.2) is 42.2 Å². The van der Waals surface area contributed by atoms with Crippen LogP contribution in [0.4, 0.5) is 5.13 Å². The number of sulfonamides is 1. The molecule has 0 unspecified atom stereocenters. The first-order chi connectivity index (χ1) is 13.9. The summed E-state index contributed by atoms with van der Waals surface area (Å²) in [6, 6.07) is 11.4. The minimum atomic E-state index is -3.56. The Morgan fingerprint density at radius 1 is 1.14 bits per heavy atom. The molecule has 9 heteroatoms. The number of benzene rings is 1. The van der Waals surface area contributed by atoms with Crippen molar-refractivity contribution >= 4 is 32.4 Å². The molecular weight excluding hydrogens is 408 g/mol. The van der Waals surface area contributed by atoms with Crippen LogP contribution in [-0.2, 0) is 10.0 Å². The number of amides is 1. The van der Waals surface area contributed by atoms with Crippen LogP contribution in [0.25, 0.3) is 11.4 Å². The van der Waals surface area contributed by atoms with Crippen LogP contribution in [0, 0.1) is 0 Å². The largest absolute Gasteiger partial charge is 0.298 e. The maximum atomic E-state index is 12.6. The van der Waals surface area contributed by atoms with Gasteiger partial charge in [0.2, 0.25) is 10.0 Å². The van der Waals surface area contributed by atoms with Gasteiger partial charge in [-0.05, 0) is 42.8 Å². The van der Waals surface area contributed by atoms with Crippen LogP contribution in [0.2, 0.25) is 0 Å². The molecule has 3 rings (SSSR count). The second-order valence-corrected chi connectivity index (χ2v) is 9.31. The van der Waals surface area contributed by atoms with E-state index in [-0.39, 0.29) is 10.8 Å². The Hall–Kier alpha value is -2.62. The number of unbranched alkanes of at least 4 members (excludes halogenated alkanes) is 1. The number of carbonyl (C=O) groups excluding carboxylic acids is 1. The van der Waals surface area contributed by atoms with Crippen molar-refractivity contribution in [3.05, 3.63) is 59.6 Å². The third kappa shape index (κ3) is 5.06. The Kier molecular flexibility index (Phi) is 6.73. The number of carbonyl (C=O) groups is 1. The van der Waals surface area contributed by atoms with Crippen molar-refractivity contribution in [1.29, 1.82) is 0 Å². The van der Waals surface area contributed by atoms with E-state index in [1.807, 2.05) is 30.5 Å². The van der Waals surface area contributed by atoms with Crippen LogP contribution in [0.15, 0.2) is 58.9 Å². The van der Waals surface area contributed by atoms with Crippen LogP contribution < -0.4 is 5.32 Å². The number of hydrogen-bond donors (Lipinski definition) is 1. The van der Waals surface area contributed by atoms with Gasteiger partial charge in [-0.2, -0.15) is 0 Å². The topological polar surface area (TPSA) is 92.3 Å². The van der Waals surface area contributed by atoms with E-state index in [1.165, 1.54) is 39.9 Å². The van der Waals surface area contributed by atoms with Gasteiger partial charge >= 0.3 is 0 Å². The summed E-state index contributed by atoms with van der Waals surface area (Å²) < 4.78 is 26.5. The Labute approximate surface area is 174 Å². The van der Waals surface area contributed by atoms with E-state index in [9.17, 15) is 13.2 Å². The van der Waals surface area contributed by atoms with Gasteiger partial charge in [0, 0.05) is 30.7 Å². The number of anilines is 1. The van der Waals surface area contributed by atoms with Crippen molar-refractivity contribution in [2.45, 2.75) is 24.7 Å². The van der Waals surface area contributed by atoms with E-state index in [4.69, 9.17) is 0 Å². The van der Waals surface area contributed by atoms with Gasteiger partial charge in [0.25, 0.3) is 5.91 Å². The molecule has 0 spiro atoms. The molecule has 0 saturated heterocycles. The number of thiazole rings is 1. The average molecular weight is 431 g/mol. The second-order valence-electron chi connectivity index (χ2n) is 6.41. The lowest BCUT2D eigenvalue weighted by Crippen LogP contribution is -2.28. The summed E-state index contributed by atoms with van der Waals surface area (Å²) in [7, 11) is -1.99. The molecule has 152 valence electrons. The van der Waals surface area contributed by atoms with Gasteiger partial charge in [0.05, 0.1) is 10.6 Å². The summed E-state index contributed by atoms with van der Waals surface area (Å²) in [6.07, 6.45) is 3.39. The van der Waals surface area contributed by atoms with Gasteiger partial charge < -0.3 is 0 Å². The maximum absolute atomic E-state index is 12.6. The highest BCUT2D eigenvalue weighted by molar-refractivity contribution is 7.89. The van der Waals surface area contributed by atoms with Crippen molar-refractivity contribution in [2.75, 3.05) is 18.9 Å². The minimum absolute atomic E-state index is 0.166. The highest BCUT2D eigenvalue weighted by Gasteiger charge is 2.20. The Morgan fingerprint density at radius 3 is 2.55 bits per heavy atom. The Bertz CT molecular complexity index is 1060. The number of pyridine rings is 1. The molecule has 0 atom stereocenters. The van der Waals surface area contributed by atoms with Gasteiger partial charge in [0.15, 0.2) is 5.13 Å². The molecule has 0 radical (unpaired) electrons. The van der Waals surface area contributed by atoms with Gasteiger partial charge in [0.1, 0.15) is 5.69 Å². The molecule has 0 fully saturated rings.